The monoisotopic (exact) mass is 401 g/mol. The van der Waals surface area contributed by atoms with Gasteiger partial charge in [0.05, 0.1) is 31.3 Å². The number of benzene rings is 1. The largest absolute Gasteiger partial charge is 0.378 e. The van der Waals surface area contributed by atoms with E-state index in [0.29, 0.717) is 23.4 Å². The normalized spacial score (nSPS) is 14.2. The van der Waals surface area contributed by atoms with Crippen molar-refractivity contribution >= 4 is 39.8 Å². The second kappa shape index (κ2) is 7.99. The third-order valence-corrected chi connectivity index (χ3v) is 5.17. The molecule has 0 unspecified atom stereocenters. The molecule has 1 aliphatic rings. The Morgan fingerprint density at radius 2 is 2.00 bits per heavy atom. The Morgan fingerprint density at radius 3 is 2.74 bits per heavy atom. The van der Waals surface area contributed by atoms with Crippen LogP contribution in [0, 0.1) is 0 Å². The van der Waals surface area contributed by atoms with Gasteiger partial charge in [0.15, 0.2) is 5.13 Å². The van der Waals surface area contributed by atoms with Crippen LogP contribution >= 0.6 is 22.9 Å². The number of hydrogen-bond donors (Lipinski definition) is 1. The Labute approximate surface area is 165 Å². The van der Waals surface area contributed by atoms with Crippen molar-refractivity contribution in [2.45, 2.75) is 0 Å². The van der Waals surface area contributed by atoms with Gasteiger partial charge in [-0.2, -0.15) is 0 Å². The molecule has 0 radical (unpaired) electrons. The fourth-order valence-corrected chi connectivity index (χ4v) is 3.62. The van der Waals surface area contributed by atoms with Gasteiger partial charge >= 0.3 is 0 Å². The standard InChI is InChI=1S/C18H16ClN5O2S/c19-13-4-2-1-3-12(13)15-11-27-18(22-15)23-17(25)14-9-21-16(10-20-14)24-5-7-26-8-6-24/h1-4,9-11H,5-8H2,(H,22,23,25). The van der Waals surface area contributed by atoms with E-state index in [0.717, 1.165) is 30.2 Å². The number of hydrogen-bond acceptors (Lipinski definition) is 7. The number of nitrogens with zero attached hydrogens (tertiary/aromatic N) is 4. The second-order valence-electron chi connectivity index (χ2n) is 5.83. The van der Waals surface area contributed by atoms with Gasteiger partial charge in [0, 0.05) is 29.1 Å². The SMILES string of the molecule is O=C(Nc1nc(-c2ccccc2Cl)cs1)c1cnc(N2CCOCC2)cn1. The predicted molar refractivity (Wildman–Crippen MR) is 106 cm³/mol. The number of anilines is 2. The van der Waals surface area contributed by atoms with E-state index >= 15 is 0 Å². The number of carbonyl (C=O) groups is 1. The summed E-state index contributed by atoms with van der Waals surface area (Å²) in [6, 6.07) is 7.45. The fourth-order valence-electron chi connectivity index (χ4n) is 2.68. The topological polar surface area (TPSA) is 80.2 Å². The zero-order chi connectivity index (χ0) is 18.6. The molecular weight excluding hydrogens is 386 g/mol. The average molecular weight is 402 g/mol. The number of halogens is 1. The van der Waals surface area contributed by atoms with E-state index in [1.54, 1.807) is 12.3 Å². The number of nitrogens with one attached hydrogen (secondary N) is 1. The molecule has 1 fully saturated rings. The van der Waals surface area contributed by atoms with Crippen LogP contribution in [0.1, 0.15) is 10.5 Å². The zero-order valence-corrected chi connectivity index (χ0v) is 15.8. The molecule has 0 bridgehead atoms. The summed E-state index contributed by atoms with van der Waals surface area (Å²) >= 11 is 7.53. The average Bonchev–Trinajstić information content (AvgIpc) is 3.17. The highest BCUT2D eigenvalue weighted by Crippen LogP contribution is 2.30. The third-order valence-electron chi connectivity index (χ3n) is 4.08. The minimum absolute atomic E-state index is 0.238. The van der Waals surface area contributed by atoms with Crippen LogP contribution in [0.2, 0.25) is 5.02 Å². The zero-order valence-electron chi connectivity index (χ0n) is 14.3. The van der Waals surface area contributed by atoms with Gasteiger partial charge < -0.3 is 9.64 Å². The Bertz CT molecular complexity index is 941. The van der Waals surface area contributed by atoms with Crippen molar-refractivity contribution < 1.29 is 9.53 Å². The van der Waals surface area contributed by atoms with Crippen LogP contribution in [0.4, 0.5) is 10.9 Å². The van der Waals surface area contributed by atoms with Crippen LogP contribution in [0.3, 0.4) is 0 Å². The van der Waals surface area contributed by atoms with E-state index in [4.69, 9.17) is 16.3 Å². The molecule has 1 amide bonds. The number of aromatic nitrogens is 3. The molecule has 3 aromatic rings. The Kier molecular flexibility index (Phi) is 5.28. The summed E-state index contributed by atoms with van der Waals surface area (Å²) in [6.07, 6.45) is 3.08. The van der Waals surface area contributed by atoms with Gasteiger partial charge in [-0.15, -0.1) is 11.3 Å². The van der Waals surface area contributed by atoms with E-state index in [9.17, 15) is 4.79 Å². The molecule has 0 atom stereocenters. The minimum Gasteiger partial charge on any atom is -0.378 e. The molecule has 9 heteroatoms. The predicted octanol–water partition coefficient (Wildman–Crippen LogP) is 3.34. The van der Waals surface area contributed by atoms with Gasteiger partial charge in [0.25, 0.3) is 5.91 Å². The summed E-state index contributed by atoms with van der Waals surface area (Å²) < 4.78 is 5.32. The molecule has 27 heavy (non-hydrogen) atoms. The van der Waals surface area contributed by atoms with E-state index in [-0.39, 0.29) is 11.6 Å². The van der Waals surface area contributed by atoms with E-state index < -0.39 is 0 Å². The fraction of sp³-hybridized carbons (Fsp3) is 0.222. The first-order chi connectivity index (χ1) is 13.2. The summed E-state index contributed by atoms with van der Waals surface area (Å²) in [4.78, 5) is 27.5. The van der Waals surface area contributed by atoms with Crippen molar-refractivity contribution in [2.24, 2.45) is 0 Å². The molecule has 0 aliphatic carbocycles. The van der Waals surface area contributed by atoms with Gasteiger partial charge in [-0.1, -0.05) is 29.8 Å². The molecule has 7 nitrogen and oxygen atoms in total. The van der Waals surface area contributed by atoms with Crippen LogP contribution in [0.15, 0.2) is 42.0 Å². The van der Waals surface area contributed by atoms with E-state index in [1.807, 2.05) is 23.6 Å². The van der Waals surface area contributed by atoms with Crippen LogP contribution in [-0.4, -0.2) is 47.2 Å². The highest BCUT2D eigenvalue weighted by molar-refractivity contribution is 7.14. The lowest BCUT2D eigenvalue weighted by Gasteiger charge is -2.27. The smallest absolute Gasteiger partial charge is 0.277 e. The number of thiazole rings is 1. The summed E-state index contributed by atoms with van der Waals surface area (Å²) in [7, 11) is 0. The summed E-state index contributed by atoms with van der Waals surface area (Å²) in [5.74, 6) is 0.390. The molecular formula is C18H16ClN5O2S. The summed E-state index contributed by atoms with van der Waals surface area (Å²) in [5, 5.41) is 5.70. The van der Waals surface area contributed by atoms with Crippen molar-refractivity contribution in [3.63, 3.8) is 0 Å². The van der Waals surface area contributed by atoms with Crippen LogP contribution in [0.25, 0.3) is 11.3 Å². The molecule has 1 saturated heterocycles. The van der Waals surface area contributed by atoms with Crippen LogP contribution < -0.4 is 10.2 Å². The molecule has 4 rings (SSSR count). The Balaban J connectivity index is 1.44. The number of amides is 1. The maximum absolute atomic E-state index is 12.4. The van der Waals surface area contributed by atoms with E-state index in [2.05, 4.69) is 25.2 Å². The molecule has 1 aromatic carbocycles. The maximum atomic E-state index is 12.4. The lowest BCUT2D eigenvalue weighted by molar-refractivity contribution is 0.102. The van der Waals surface area contributed by atoms with Crippen molar-refractivity contribution in [1.29, 1.82) is 0 Å². The van der Waals surface area contributed by atoms with E-state index in [1.165, 1.54) is 17.5 Å². The molecule has 3 heterocycles. The molecule has 2 aromatic heterocycles. The molecule has 0 spiro atoms. The quantitative estimate of drug-likeness (QED) is 0.722. The lowest BCUT2D eigenvalue weighted by atomic mass is 10.2. The summed E-state index contributed by atoms with van der Waals surface area (Å²) in [5.41, 5.74) is 1.78. The molecule has 138 valence electrons. The van der Waals surface area contributed by atoms with Gasteiger partial charge in [-0.3, -0.25) is 10.1 Å². The van der Waals surface area contributed by atoms with Gasteiger partial charge in [0.1, 0.15) is 11.5 Å². The first kappa shape index (κ1) is 17.8. The van der Waals surface area contributed by atoms with Crippen LogP contribution in [-0.2, 0) is 4.74 Å². The first-order valence-electron chi connectivity index (χ1n) is 8.37. The molecule has 1 aliphatic heterocycles. The van der Waals surface area contributed by atoms with Crippen molar-refractivity contribution in [3.05, 3.63) is 52.8 Å². The van der Waals surface area contributed by atoms with Crippen molar-refractivity contribution in [3.8, 4) is 11.3 Å². The molecule has 0 saturated carbocycles. The van der Waals surface area contributed by atoms with Crippen molar-refractivity contribution in [1.82, 2.24) is 15.0 Å². The second-order valence-corrected chi connectivity index (χ2v) is 7.10. The summed E-state index contributed by atoms with van der Waals surface area (Å²) in [6.45, 7) is 2.87. The highest BCUT2D eigenvalue weighted by Gasteiger charge is 2.16. The third kappa shape index (κ3) is 4.08. The van der Waals surface area contributed by atoms with Gasteiger partial charge in [-0.25, -0.2) is 15.0 Å². The maximum Gasteiger partial charge on any atom is 0.277 e. The number of morpholine rings is 1. The Morgan fingerprint density at radius 1 is 1.19 bits per heavy atom. The van der Waals surface area contributed by atoms with Gasteiger partial charge in [-0.05, 0) is 6.07 Å². The number of ether oxygens (including phenoxy) is 1. The number of carbonyl (C=O) groups excluding carboxylic acids is 1. The minimum atomic E-state index is -0.351. The number of rotatable bonds is 4. The lowest BCUT2D eigenvalue weighted by Crippen LogP contribution is -2.36. The van der Waals surface area contributed by atoms with Crippen LogP contribution in [0.5, 0.6) is 0 Å². The van der Waals surface area contributed by atoms with Crippen molar-refractivity contribution in [2.75, 3.05) is 36.5 Å². The molecule has 1 N–H and O–H groups in total. The Hall–Kier alpha value is -2.55. The highest BCUT2D eigenvalue weighted by atomic mass is 35.5. The van der Waals surface area contributed by atoms with Gasteiger partial charge in [0.2, 0.25) is 0 Å². The first-order valence-corrected chi connectivity index (χ1v) is 9.63.